The van der Waals surface area contributed by atoms with Gasteiger partial charge in [-0.3, -0.25) is 0 Å². The molecule has 2 rings (SSSR count). The van der Waals surface area contributed by atoms with E-state index in [0.29, 0.717) is 12.8 Å². The van der Waals surface area contributed by atoms with Gasteiger partial charge in [0.05, 0.1) is 6.10 Å². The van der Waals surface area contributed by atoms with Crippen molar-refractivity contribution < 1.29 is 13.5 Å². The fourth-order valence-electron chi connectivity index (χ4n) is 2.23. The molecule has 1 aromatic carbocycles. The first kappa shape index (κ1) is 14.2. The van der Waals surface area contributed by atoms with Crippen molar-refractivity contribution in [2.75, 3.05) is 0 Å². The smallest absolute Gasteiger partial charge is 0.234 e. The molecule has 1 saturated carbocycles. The summed E-state index contributed by atoms with van der Waals surface area (Å²) in [6, 6.07) is 8.89. The number of hydrogen-bond donors (Lipinski definition) is 2. The van der Waals surface area contributed by atoms with Crippen LogP contribution in [0.15, 0.2) is 35.7 Å². The van der Waals surface area contributed by atoms with E-state index in [1.54, 1.807) is 6.08 Å². The summed E-state index contributed by atoms with van der Waals surface area (Å²) in [5.41, 5.74) is 0.831. The lowest BCUT2D eigenvalue weighted by molar-refractivity contribution is 0.101. The maximum absolute atomic E-state index is 11.9. The molecule has 0 radical (unpaired) electrons. The number of aliphatic hydroxyl groups excluding tert-OH is 1. The van der Waals surface area contributed by atoms with Crippen LogP contribution in [0.1, 0.15) is 31.2 Å². The Morgan fingerprint density at radius 1 is 1.16 bits per heavy atom. The second-order valence-corrected chi connectivity index (χ2v) is 6.43. The summed E-state index contributed by atoms with van der Waals surface area (Å²) in [5.74, 6) is 0. The molecule has 0 aliphatic heterocycles. The van der Waals surface area contributed by atoms with Crippen molar-refractivity contribution >= 4 is 16.1 Å². The molecular weight excluding hydrogens is 262 g/mol. The lowest BCUT2D eigenvalue weighted by Gasteiger charge is -2.27. The average molecular weight is 281 g/mol. The molecular formula is C14H19NO3S. The number of hydrogen-bond acceptors (Lipinski definition) is 3. The van der Waals surface area contributed by atoms with E-state index in [2.05, 4.69) is 4.72 Å². The van der Waals surface area contributed by atoms with E-state index < -0.39 is 16.1 Å². The normalized spacial score (nSPS) is 24.7. The van der Waals surface area contributed by atoms with Gasteiger partial charge >= 0.3 is 0 Å². The Labute approximate surface area is 114 Å². The largest absolute Gasteiger partial charge is 0.391 e. The average Bonchev–Trinajstić information content (AvgIpc) is 2.40. The third-order valence-electron chi connectivity index (χ3n) is 3.28. The second kappa shape index (κ2) is 6.32. The Kier molecular flexibility index (Phi) is 4.74. The number of nitrogens with one attached hydrogen (secondary N) is 1. The number of rotatable bonds is 4. The van der Waals surface area contributed by atoms with E-state index in [1.807, 2.05) is 30.3 Å². The van der Waals surface area contributed by atoms with Crippen LogP contribution in [-0.4, -0.2) is 25.7 Å². The van der Waals surface area contributed by atoms with Crippen LogP contribution in [0.25, 0.3) is 6.08 Å². The van der Waals surface area contributed by atoms with Crippen molar-refractivity contribution in [2.24, 2.45) is 0 Å². The lowest BCUT2D eigenvalue weighted by Crippen LogP contribution is -2.44. The number of benzene rings is 1. The first-order chi connectivity index (χ1) is 9.07. The zero-order chi connectivity index (χ0) is 13.7. The molecule has 1 fully saturated rings. The first-order valence-electron chi connectivity index (χ1n) is 6.50. The Balaban J connectivity index is 2.00. The van der Waals surface area contributed by atoms with Crippen molar-refractivity contribution in [1.29, 1.82) is 0 Å². The fraction of sp³-hybridized carbons (Fsp3) is 0.429. The molecule has 1 aliphatic carbocycles. The van der Waals surface area contributed by atoms with Crippen molar-refractivity contribution in [3.63, 3.8) is 0 Å². The minimum Gasteiger partial charge on any atom is -0.391 e. The molecule has 2 N–H and O–H groups in total. The highest BCUT2D eigenvalue weighted by Gasteiger charge is 2.25. The summed E-state index contributed by atoms with van der Waals surface area (Å²) in [6.07, 6.45) is 4.24. The monoisotopic (exact) mass is 281 g/mol. The summed E-state index contributed by atoms with van der Waals surface area (Å²) in [7, 11) is -3.50. The van der Waals surface area contributed by atoms with Crippen molar-refractivity contribution in [3.8, 4) is 0 Å². The molecule has 0 bridgehead atoms. The van der Waals surface area contributed by atoms with Gasteiger partial charge in [-0.15, -0.1) is 0 Å². The summed E-state index contributed by atoms with van der Waals surface area (Å²) < 4.78 is 26.4. The van der Waals surface area contributed by atoms with Crippen molar-refractivity contribution in [2.45, 2.75) is 37.8 Å². The minimum absolute atomic E-state index is 0.362. The van der Waals surface area contributed by atoms with Gasteiger partial charge in [0.25, 0.3) is 0 Å². The van der Waals surface area contributed by atoms with Crippen LogP contribution >= 0.6 is 0 Å². The number of aliphatic hydroxyl groups is 1. The molecule has 2 unspecified atom stereocenters. The van der Waals surface area contributed by atoms with Crippen molar-refractivity contribution in [3.05, 3.63) is 41.3 Å². The summed E-state index contributed by atoms with van der Waals surface area (Å²) in [6.45, 7) is 0. The molecule has 19 heavy (non-hydrogen) atoms. The van der Waals surface area contributed by atoms with E-state index in [1.165, 1.54) is 0 Å². The van der Waals surface area contributed by atoms with Crippen LogP contribution < -0.4 is 4.72 Å². The second-order valence-electron chi connectivity index (χ2n) is 4.83. The highest BCUT2D eigenvalue weighted by molar-refractivity contribution is 7.92. The van der Waals surface area contributed by atoms with Gasteiger partial charge in [0.15, 0.2) is 0 Å². The van der Waals surface area contributed by atoms with E-state index in [-0.39, 0.29) is 6.04 Å². The Hall–Kier alpha value is -1.17. The van der Waals surface area contributed by atoms with Crippen LogP contribution in [0, 0.1) is 0 Å². The zero-order valence-electron chi connectivity index (χ0n) is 10.7. The van der Waals surface area contributed by atoms with Gasteiger partial charge in [-0.05, 0) is 24.5 Å². The quantitative estimate of drug-likeness (QED) is 0.885. The summed E-state index contributed by atoms with van der Waals surface area (Å²) in [5, 5.41) is 10.9. The van der Waals surface area contributed by atoms with Crippen LogP contribution in [0.3, 0.4) is 0 Å². The molecule has 1 aromatic rings. The Morgan fingerprint density at radius 3 is 2.53 bits per heavy atom. The molecule has 104 valence electrons. The number of sulfonamides is 1. The SMILES string of the molecule is O=S(=O)(C=Cc1ccccc1)NC1CCCCC1O. The van der Waals surface area contributed by atoms with Gasteiger partial charge in [0.2, 0.25) is 10.0 Å². The van der Waals surface area contributed by atoms with E-state index in [4.69, 9.17) is 0 Å². The van der Waals surface area contributed by atoms with Crippen LogP contribution in [-0.2, 0) is 10.0 Å². The zero-order valence-corrected chi connectivity index (χ0v) is 11.5. The van der Waals surface area contributed by atoms with Gasteiger partial charge in [-0.25, -0.2) is 13.1 Å². The van der Waals surface area contributed by atoms with Gasteiger partial charge < -0.3 is 5.11 Å². The summed E-state index contributed by atoms with van der Waals surface area (Å²) >= 11 is 0. The topological polar surface area (TPSA) is 66.4 Å². The molecule has 1 aliphatic rings. The summed E-state index contributed by atoms with van der Waals surface area (Å²) in [4.78, 5) is 0. The predicted octanol–water partition coefficient (Wildman–Crippen LogP) is 1.88. The fourth-order valence-corrected chi connectivity index (χ4v) is 3.34. The van der Waals surface area contributed by atoms with E-state index in [9.17, 15) is 13.5 Å². The Morgan fingerprint density at radius 2 is 1.84 bits per heavy atom. The predicted molar refractivity (Wildman–Crippen MR) is 75.8 cm³/mol. The maximum Gasteiger partial charge on any atom is 0.234 e. The molecule has 2 atom stereocenters. The van der Waals surface area contributed by atoms with Crippen LogP contribution in [0.4, 0.5) is 0 Å². The molecule has 0 saturated heterocycles. The molecule has 0 heterocycles. The molecule has 4 nitrogen and oxygen atoms in total. The minimum atomic E-state index is -3.50. The van der Waals surface area contributed by atoms with Crippen LogP contribution in [0.2, 0.25) is 0 Å². The van der Waals surface area contributed by atoms with Gasteiger partial charge in [-0.1, -0.05) is 43.2 Å². The highest BCUT2D eigenvalue weighted by Crippen LogP contribution is 2.19. The van der Waals surface area contributed by atoms with Gasteiger partial charge in [0.1, 0.15) is 0 Å². The van der Waals surface area contributed by atoms with Crippen LogP contribution in [0.5, 0.6) is 0 Å². The van der Waals surface area contributed by atoms with Gasteiger partial charge in [-0.2, -0.15) is 0 Å². The lowest BCUT2D eigenvalue weighted by atomic mass is 9.93. The standard InChI is InChI=1S/C14H19NO3S/c16-14-9-5-4-8-13(14)15-19(17,18)11-10-12-6-2-1-3-7-12/h1-3,6-7,10-11,13-16H,4-5,8-9H2. The third-order valence-corrected chi connectivity index (χ3v) is 4.41. The molecule has 5 heteroatoms. The van der Waals surface area contributed by atoms with Gasteiger partial charge in [0, 0.05) is 11.4 Å². The first-order valence-corrected chi connectivity index (χ1v) is 8.05. The molecule has 0 aromatic heterocycles. The van der Waals surface area contributed by atoms with E-state index >= 15 is 0 Å². The van der Waals surface area contributed by atoms with Crippen molar-refractivity contribution in [1.82, 2.24) is 4.72 Å². The third kappa shape index (κ3) is 4.45. The Bertz CT molecular complexity index is 525. The molecule has 0 spiro atoms. The maximum atomic E-state index is 11.9. The van der Waals surface area contributed by atoms with E-state index in [0.717, 1.165) is 23.8 Å². The molecule has 0 amide bonds. The highest BCUT2D eigenvalue weighted by atomic mass is 32.2.